The van der Waals surface area contributed by atoms with E-state index in [0.29, 0.717) is 16.6 Å². The van der Waals surface area contributed by atoms with E-state index in [4.69, 9.17) is 28.9 Å². The van der Waals surface area contributed by atoms with Crippen molar-refractivity contribution in [2.24, 2.45) is 0 Å². The molecule has 0 atom stereocenters. The van der Waals surface area contributed by atoms with E-state index in [9.17, 15) is 4.79 Å². The number of carbonyl (C=O) groups excluding carboxylic acids is 1. The van der Waals surface area contributed by atoms with Crippen LogP contribution in [0.5, 0.6) is 0 Å². The number of anilines is 1. The van der Waals surface area contributed by atoms with Crippen LogP contribution in [-0.2, 0) is 6.54 Å². The number of aromatic nitrogens is 2. The first-order valence-corrected chi connectivity index (χ1v) is 8.89. The third kappa shape index (κ3) is 4.48. The van der Waals surface area contributed by atoms with Crippen LogP contribution >= 0.6 is 35.0 Å². The zero-order valence-corrected chi connectivity index (χ0v) is 15.3. The predicted molar refractivity (Wildman–Crippen MR) is 101 cm³/mol. The first-order valence-electron chi connectivity index (χ1n) is 7.32. The van der Waals surface area contributed by atoms with E-state index in [1.165, 1.54) is 6.33 Å². The van der Waals surface area contributed by atoms with Gasteiger partial charge in [0.25, 0.3) is 5.91 Å². The van der Waals surface area contributed by atoms with E-state index >= 15 is 0 Å². The number of halogens is 2. The average molecular weight is 393 g/mol. The van der Waals surface area contributed by atoms with Crippen LogP contribution in [0.3, 0.4) is 0 Å². The molecular formula is C17H14Cl2N4OS. The summed E-state index contributed by atoms with van der Waals surface area (Å²) in [5.41, 5.74) is 6.69. The largest absolute Gasteiger partial charge is 0.383 e. The van der Waals surface area contributed by atoms with E-state index in [2.05, 4.69) is 15.3 Å². The highest BCUT2D eigenvalue weighted by molar-refractivity contribution is 7.99. The molecule has 0 spiro atoms. The van der Waals surface area contributed by atoms with Crippen molar-refractivity contribution in [2.75, 3.05) is 5.73 Å². The lowest BCUT2D eigenvalue weighted by atomic mass is 10.2. The summed E-state index contributed by atoms with van der Waals surface area (Å²) in [6, 6.07) is 13.2. The quantitative estimate of drug-likeness (QED) is 0.601. The fourth-order valence-electron chi connectivity index (χ4n) is 2.12. The molecule has 3 aromatic rings. The van der Waals surface area contributed by atoms with Crippen LogP contribution in [0.1, 0.15) is 16.1 Å². The molecule has 5 nitrogen and oxygen atoms in total. The summed E-state index contributed by atoms with van der Waals surface area (Å²) in [7, 11) is 0. The minimum atomic E-state index is -0.338. The number of nitrogens with zero attached hydrogens (tertiary/aromatic N) is 1. The Kier molecular flexibility index (Phi) is 5.53. The Morgan fingerprint density at radius 1 is 1.20 bits per heavy atom. The van der Waals surface area contributed by atoms with Crippen molar-refractivity contribution in [3.8, 4) is 0 Å². The van der Waals surface area contributed by atoms with Gasteiger partial charge in [-0.15, -0.1) is 0 Å². The van der Waals surface area contributed by atoms with Gasteiger partial charge < -0.3 is 16.0 Å². The van der Waals surface area contributed by atoms with Crippen molar-refractivity contribution >= 4 is 46.7 Å². The third-order valence-corrected chi connectivity index (χ3v) is 5.14. The lowest BCUT2D eigenvalue weighted by Crippen LogP contribution is -2.24. The fraction of sp³-hybridized carbons (Fsp3) is 0.0588. The second-order valence-corrected chi connectivity index (χ2v) is 7.13. The third-order valence-electron chi connectivity index (χ3n) is 3.37. The molecule has 0 unspecified atom stereocenters. The number of rotatable bonds is 5. The summed E-state index contributed by atoms with van der Waals surface area (Å²) in [6.45, 7) is 0.330. The molecule has 1 heterocycles. The van der Waals surface area contributed by atoms with Crippen molar-refractivity contribution in [2.45, 2.75) is 16.3 Å². The van der Waals surface area contributed by atoms with Gasteiger partial charge in [0.05, 0.1) is 11.3 Å². The molecule has 0 aliphatic carbocycles. The molecule has 0 aliphatic rings. The standard InChI is InChI=1S/C17H14Cl2N4OS/c18-11-2-4-12(5-3-11)25-14-6-1-10(7-13(14)19)8-21-17(24)15-16(20)23-9-22-15/h1-7,9H,8,20H2,(H,21,24)(H,22,23). The molecule has 0 saturated carbocycles. The van der Waals surface area contributed by atoms with Gasteiger partial charge in [-0.1, -0.05) is 41.0 Å². The molecule has 0 radical (unpaired) electrons. The van der Waals surface area contributed by atoms with Gasteiger partial charge in [0.2, 0.25) is 0 Å². The Balaban J connectivity index is 1.64. The molecule has 8 heteroatoms. The Morgan fingerprint density at radius 3 is 2.60 bits per heavy atom. The van der Waals surface area contributed by atoms with Crippen molar-refractivity contribution in [1.29, 1.82) is 0 Å². The minimum absolute atomic E-state index is 0.181. The highest BCUT2D eigenvalue weighted by Gasteiger charge is 2.12. The van der Waals surface area contributed by atoms with Gasteiger partial charge in [-0.2, -0.15) is 0 Å². The smallest absolute Gasteiger partial charge is 0.273 e. The second-order valence-electron chi connectivity index (χ2n) is 5.17. The van der Waals surface area contributed by atoms with Gasteiger partial charge in [-0.3, -0.25) is 4.79 Å². The Morgan fingerprint density at radius 2 is 1.96 bits per heavy atom. The van der Waals surface area contributed by atoms with E-state index in [1.807, 2.05) is 42.5 Å². The summed E-state index contributed by atoms with van der Waals surface area (Å²) >= 11 is 13.8. The van der Waals surface area contributed by atoms with E-state index in [0.717, 1.165) is 15.4 Å². The number of amides is 1. The molecule has 4 N–H and O–H groups in total. The average Bonchev–Trinajstić information content (AvgIpc) is 3.03. The zero-order chi connectivity index (χ0) is 17.8. The number of hydrogen-bond acceptors (Lipinski definition) is 4. The summed E-state index contributed by atoms with van der Waals surface area (Å²) in [5, 5.41) is 4.07. The highest BCUT2D eigenvalue weighted by Crippen LogP contribution is 2.34. The summed E-state index contributed by atoms with van der Waals surface area (Å²) in [5.74, 6) is -0.0975. The first-order chi connectivity index (χ1) is 12.0. The molecule has 128 valence electrons. The number of hydrogen-bond donors (Lipinski definition) is 3. The number of benzene rings is 2. The van der Waals surface area contributed by atoms with Crippen molar-refractivity contribution in [1.82, 2.24) is 15.3 Å². The molecule has 0 saturated heterocycles. The highest BCUT2D eigenvalue weighted by atomic mass is 35.5. The molecule has 0 fully saturated rings. The van der Waals surface area contributed by atoms with Crippen LogP contribution in [0.25, 0.3) is 0 Å². The summed E-state index contributed by atoms with van der Waals surface area (Å²) < 4.78 is 0. The van der Waals surface area contributed by atoms with Crippen LogP contribution in [0.4, 0.5) is 5.82 Å². The minimum Gasteiger partial charge on any atom is -0.383 e. The van der Waals surface area contributed by atoms with Gasteiger partial charge in [-0.25, -0.2) is 4.98 Å². The van der Waals surface area contributed by atoms with Crippen molar-refractivity contribution in [3.05, 3.63) is 70.1 Å². The molecule has 2 aromatic carbocycles. The predicted octanol–water partition coefficient (Wildman–Crippen LogP) is 4.38. The number of nitrogens with one attached hydrogen (secondary N) is 2. The molecule has 1 aromatic heterocycles. The van der Waals surface area contributed by atoms with Crippen LogP contribution in [0, 0.1) is 0 Å². The summed E-state index contributed by atoms with van der Waals surface area (Å²) in [6.07, 6.45) is 1.38. The number of imidazole rings is 1. The first kappa shape index (κ1) is 17.7. The van der Waals surface area contributed by atoms with E-state index in [1.54, 1.807) is 11.8 Å². The Bertz CT molecular complexity index is 896. The van der Waals surface area contributed by atoms with Gasteiger partial charge in [0, 0.05) is 21.4 Å². The van der Waals surface area contributed by atoms with Gasteiger partial charge in [0.15, 0.2) is 5.69 Å². The van der Waals surface area contributed by atoms with Crippen LogP contribution in [0.15, 0.2) is 58.6 Å². The molecule has 3 rings (SSSR count). The van der Waals surface area contributed by atoms with Gasteiger partial charge in [0.1, 0.15) is 5.82 Å². The number of aromatic amines is 1. The summed E-state index contributed by atoms with van der Waals surface area (Å²) in [4.78, 5) is 20.5. The normalized spacial score (nSPS) is 10.6. The van der Waals surface area contributed by atoms with Crippen molar-refractivity contribution in [3.63, 3.8) is 0 Å². The maximum absolute atomic E-state index is 12.0. The van der Waals surface area contributed by atoms with Crippen LogP contribution in [-0.4, -0.2) is 15.9 Å². The van der Waals surface area contributed by atoms with Crippen LogP contribution < -0.4 is 11.1 Å². The topological polar surface area (TPSA) is 83.8 Å². The van der Waals surface area contributed by atoms with E-state index < -0.39 is 0 Å². The lowest BCUT2D eigenvalue weighted by molar-refractivity contribution is 0.0947. The fourth-order valence-corrected chi connectivity index (χ4v) is 3.38. The molecule has 0 bridgehead atoms. The monoisotopic (exact) mass is 392 g/mol. The number of nitrogen functional groups attached to an aromatic ring is 1. The zero-order valence-electron chi connectivity index (χ0n) is 12.9. The Labute approximate surface area is 158 Å². The maximum Gasteiger partial charge on any atom is 0.273 e. The number of carbonyl (C=O) groups is 1. The molecule has 0 aliphatic heterocycles. The number of nitrogens with two attached hydrogens (primary N) is 1. The molecule has 25 heavy (non-hydrogen) atoms. The molecular weight excluding hydrogens is 379 g/mol. The van der Waals surface area contributed by atoms with Gasteiger partial charge in [-0.05, 0) is 42.0 Å². The second kappa shape index (κ2) is 7.82. The lowest BCUT2D eigenvalue weighted by Gasteiger charge is -2.08. The maximum atomic E-state index is 12.0. The Hall–Kier alpha value is -2.15. The number of H-pyrrole nitrogens is 1. The van der Waals surface area contributed by atoms with Gasteiger partial charge >= 0.3 is 0 Å². The van der Waals surface area contributed by atoms with E-state index in [-0.39, 0.29) is 17.4 Å². The molecule has 1 amide bonds. The SMILES string of the molecule is Nc1[nH]cnc1C(=O)NCc1ccc(Sc2ccc(Cl)cc2)c(Cl)c1. The van der Waals surface area contributed by atoms with Crippen LogP contribution in [0.2, 0.25) is 10.0 Å². The van der Waals surface area contributed by atoms with Crippen molar-refractivity contribution < 1.29 is 4.79 Å².